The number of nitrogens with zero attached hydrogens (tertiary/aromatic N) is 2. The first-order valence-corrected chi connectivity index (χ1v) is 7.43. The number of carboxylic acids is 1. The molecule has 0 amide bonds. The van der Waals surface area contributed by atoms with Crippen LogP contribution in [-0.4, -0.2) is 72.9 Å². The van der Waals surface area contributed by atoms with Crippen molar-refractivity contribution in [3.05, 3.63) is 0 Å². The number of rotatable bonds is 9. The number of carboxylic acid groups (broad SMARTS) is 1. The van der Waals surface area contributed by atoms with Gasteiger partial charge in [0.15, 0.2) is 0 Å². The highest BCUT2D eigenvalue weighted by Gasteiger charge is 2.20. The first-order chi connectivity index (χ1) is 9.15. The van der Waals surface area contributed by atoms with Crippen molar-refractivity contribution in [3.8, 4) is 0 Å². The van der Waals surface area contributed by atoms with E-state index in [1.165, 1.54) is 0 Å². The molecule has 0 aliphatic carbocycles. The van der Waals surface area contributed by atoms with E-state index in [0.717, 1.165) is 52.2 Å². The normalized spacial score (nSPS) is 20.9. The zero-order valence-corrected chi connectivity index (χ0v) is 12.3. The topological polar surface area (TPSA) is 53.0 Å². The molecule has 0 radical (unpaired) electrons. The molecule has 1 heterocycles. The van der Waals surface area contributed by atoms with Crippen molar-refractivity contribution >= 4 is 5.97 Å². The number of likely N-dealkylation sites (tertiary alicyclic amines) is 1. The van der Waals surface area contributed by atoms with Crippen LogP contribution >= 0.6 is 0 Å². The van der Waals surface area contributed by atoms with Crippen LogP contribution in [0.1, 0.15) is 33.1 Å². The Labute approximate surface area is 116 Å². The number of piperidine rings is 1. The van der Waals surface area contributed by atoms with Crippen molar-refractivity contribution in [1.29, 1.82) is 0 Å². The molecule has 5 heteroatoms. The fourth-order valence-electron chi connectivity index (χ4n) is 2.49. The number of carbonyl (C=O) groups is 1. The van der Waals surface area contributed by atoms with E-state index in [0.29, 0.717) is 6.54 Å². The number of ether oxygens (including phenoxy) is 1. The molecular weight excluding hydrogens is 244 g/mol. The lowest BCUT2D eigenvalue weighted by Crippen LogP contribution is -2.41. The van der Waals surface area contributed by atoms with Gasteiger partial charge < -0.3 is 19.6 Å². The number of hydrogen-bond acceptors (Lipinski definition) is 4. The van der Waals surface area contributed by atoms with Gasteiger partial charge in [0.2, 0.25) is 0 Å². The molecule has 1 aliphatic heterocycles. The van der Waals surface area contributed by atoms with E-state index in [1.54, 1.807) is 0 Å². The Kier molecular flexibility index (Phi) is 8.02. The van der Waals surface area contributed by atoms with Crippen molar-refractivity contribution in [2.75, 3.05) is 45.9 Å². The highest BCUT2D eigenvalue weighted by atomic mass is 16.5. The Hall–Kier alpha value is -0.650. The quantitative estimate of drug-likeness (QED) is 0.685. The van der Waals surface area contributed by atoms with E-state index in [1.807, 2.05) is 0 Å². The van der Waals surface area contributed by atoms with Crippen LogP contribution in [0.25, 0.3) is 0 Å². The van der Waals surface area contributed by atoms with E-state index in [4.69, 9.17) is 9.84 Å². The third-order valence-corrected chi connectivity index (χ3v) is 3.76. The minimum atomic E-state index is -0.718. The molecule has 112 valence electrons. The molecule has 5 nitrogen and oxygen atoms in total. The van der Waals surface area contributed by atoms with Gasteiger partial charge in [0.25, 0.3) is 0 Å². The minimum absolute atomic E-state index is 0.228. The first-order valence-electron chi connectivity index (χ1n) is 7.43. The molecule has 0 saturated carbocycles. The van der Waals surface area contributed by atoms with Crippen LogP contribution in [0, 0.1) is 0 Å². The second kappa shape index (κ2) is 9.28. The fourth-order valence-corrected chi connectivity index (χ4v) is 2.49. The molecule has 1 saturated heterocycles. The minimum Gasteiger partial charge on any atom is -0.481 e. The van der Waals surface area contributed by atoms with Gasteiger partial charge in [-0.15, -0.1) is 0 Å². The summed E-state index contributed by atoms with van der Waals surface area (Å²) in [5, 5.41) is 8.70. The first kappa shape index (κ1) is 16.4. The van der Waals surface area contributed by atoms with E-state index < -0.39 is 5.97 Å². The molecule has 1 aliphatic rings. The van der Waals surface area contributed by atoms with Crippen molar-refractivity contribution in [1.82, 2.24) is 9.80 Å². The number of aliphatic carboxylic acids is 1. The molecule has 1 atom stereocenters. The summed E-state index contributed by atoms with van der Waals surface area (Å²) in [5.41, 5.74) is 0. The van der Waals surface area contributed by atoms with Gasteiger partial charge in [-0.3, -0.25) is 4.79 Å². The molecule has 1 fully saturated rings. The summed E-state index contributed by atoms with van der Waals surface area (Å²) in [6.45, 7) is 10.7. The second-order valence-corrected chi connectivity index (χ2v) is 5.11. The molecule has 0 bridgehead atoms. The van der Waals surface area contributed by atoms with Crippen LogP contribution in [0.3, 0.4) is 0 Å². The molecule has 0 spiro atoms. The summed E-state index contributed by atoms with van der Waals surface area (Å²) in [4.78, 5) is 15.1. The van der Waals surface area contributed by atoms with Gasteiger partial charge in [-0.1, -0.05) is 13.8 Å². The Bertz CT molecular complexity index is 257. The van der Waals surface area contributed by atoms with Gasteiger partial charge in [-0.05, 0) is 32.5 Å². The Morgan fingerprint density at radius 2 is 2.16 bits per heavy atom. The maximum absolute atomic E-state index is 10.6. The number of hydrogen-bond donors (Lipinski definition) is 1. The van der Waals surface area contributed by atoms with Gasteiger partial charge in [0.1, 0.15) is 0 Å². The van der Waals surface area contributed by atoms with Gasteiger partial charge in [-0.2, -0.15) is 0 Å². The lowest BCUT2D eigenvalue weighted by molar-refractivity contribution is -0.137. The Morgan fingerprint density at radius 3 is 2.79 bits per heavy atom. The predicted molar refractivity (Wildman–Crippen MR) is 75.5 cm³/mol. The largest absolute Gasteiger partial charge is 0.481 e. The summed E-state index contributed by atoms with van der Waals surface area (Å²) in [6.07, 6.45) is 2.71. The smallest absolute Gasteiger partial charge is 0.304 e. The maximum Gasteiger partial charge on any atom is 0.304 e. The van der Waals surface area contributed by atoms with Crippen LogP contribution < -0.4 is 0 Å². The molecular formula is C14H28N2O3. The molecule has 0 aromatic carbocycles. The lowest BCUT2D eigenvalue weighted by Gasteiger charge is -2.32. The van der Waals surface area contributed by atoms with E-state index in [2.05, 4.69) is 23.6 Å². The van der Waals surface area contributed by atoms with Gasteiger partial charge in [-0.25, -0.2) is 0 Å². The maximum atomic E-state index is 10.6. The van der Waals surface area contributed by atoms with Crippen LogP contribution in [0.2, 0.25) is 0 Å². The zero-order chi connectivity index (χ0) is 14.1. The fraction of sp³-hybridized carbons (Fsp3) is 0.929. The lowest BCUT2D eigenvalue weighted by atomic mass is 10.1. The van der Waals surface area contributed by atoms with Crippen LogP contribution in [0.5, 0.6) is 0 Å². The van der Waals surface area contributed by atoms with Crippen molar-refractivity contribution in [2.45, 2.75) is 39.2 Å². The summed E-state index contributed by atoms with van der Waals surface area (Å²) in [5.74, 6) is -0.718. The van der Waals surface area contributed by atoms with Crippen LogP contribution in [0.4, 0.5) is 0 Å². The molecule has 0 aromatic rings. The molecule has 0 aromatic heterocycles. The average molecular weight is 272 g/mol. The standard InChI is InChI=1S/C14H28N2O3/c1-3-15(4-2)10-11-19-13-6-5-8-16(12-13)9-7-14(17)18/h13H,3-12H2,1-2H3,(H,17,18). The summed E-state index contributed by atoms with van der Waals surface area (Å²) >= 11 is 0. The third-order valence-electron chi connectivity index (χ3n) is 3.76. The van der Waals surface area contributed by atoms with Crippen molar-refractivity contribution < 1.29 is 14.6 Å². The third kappa shape index (κ3) is 6.89. The molecule has 19 heavy (non-hydrogen) atoms. The zero-order valence-electron chi connectivity index (χ0n) is 12.3. The Morgan fingerprint density at radius 1 is 1.42 bits per heavy atom. The SMILES string of the molecule is CCN(CC)CCOC1CCCN(CCC(=O)O)C1. The van der Waals surface area contributed by atoms with Crippen molar-refractivity contribution in [2.24, 2.45) is 0 Å². The summed E-state index contributed by atoms with van der Waals surface area (Å²) in [7, 11) is 0. The monoisotopic (exact) mass is 272 g/mol. The average Bonchev–Trinajstić information content (AvgIpc) is 2.42. The molecule has 1 N–H and O–H groups in total. The van der Waals surface area contributed by atoms with Crippen LogP contribution in [0.15, 0.2) is 0 Å². The second-order valence-electron chi connectivity index (χ2n) is 5.11. The summed E-state index contributed by atoms with van der Waals surface area (Å²) < 4.78 is 5.92. The van der Waals surface area contributed by atoms with E-state index >= 15 is 0 Å². The Balaban J connectivity index is 2.17. The summed E-state index contributed by atoms with van der Waals surface area (Å²) in [6, 6.07) is 0. The molecule has 1 rings (SSSR count). The van der Waals surface area contributed by atoms with E-state index in [-0.39, 0.29) is 12.5 Å². The highest BCUT2D eigenvalue weighted by Crippen LogP contribution is 2.13. The van der Waals surface area contributed by atoms with E-state index in [9.17, 15) is 4.79 Å². The van der Waals surface area contributed by atoms with Gasteiger partial charge in [0.05, 0.1) is 19.1 Å². The van der Waals surface area contributed by atoms with Crippen molar-refractivity contribution in [3.63, 3.8) is 0 Å². The van der Waals surface area contributed by atoms with Gasteiger partial charge in [0, 0.05) is 19.6 Å². The highest BCUT2D eigenvalue weighted by molar-refractivity contribution is 5.66. The molecule has 1 unspecified atom stereocenters. The van der Waals surface area contributed by atoms with Gasteiger partial charge >= 0.3 is 5.97 Å². The predicted octanol–water partition coefficient (Wildman–Crippen LogP) is 1.28. The number of likely N-dealkylation sites (N-methyl/N-ethyl adjacent to an activating group) is 1. The van der Waals surface area contributed by atoms with Crippen LogP contribution in [-0.2, 0) is 9.53 Å².